The number of hydrogen-bond acceptors (Lipinski definition) is 1. The molecule has 2 nitrogen and oxygen atoms in total. The zero-order valence-electron chi connectivity index (χ0n) is 23.0. The molecule has 198 valence electrons. The normalized spacial score (nSPS) is 11.3. The minimum absolute atomic E-state index is 1.07. The quantitative estimate of drug-likeness (QED) is 0.231. The lowest BCUT2D eigenvalue weighted by molar-refractivity contribution is 1.18. The predicted molar refractivity (Wildman–Crippen MR) is 179 cm³/mol. The van der Waals surface area contributed by atoms with Gasteiger partial charge in [0.05, 0.1) is 11.0 Å². The number of nitrogens with one attached hydrogen (secondary N) is 1. The summed E-state index contributed by atoms with van der Waals surface area (Å²) in [7, 11) is 0. The van der Waals surface area contributed by atoms with Gasteiger partial charge in [0.25, 0.3) is 0 Å². The first kappa shape index (κ1) is 24.2. The van der Waals surface area contributed by atoms with Crippen LogP contribution >= 0.6 is 0 Å². The zero-order valence-corrected chi connectivity index (χ0v) is 23.0. The Labute approximate surface area is 245 Å². The van der Waals surface area contributed by atoms with Gasteiger partial charge in [0, 0.05) is 27.8 Å². The van der Waals surface area contributed by atoms with Crippen molar-refractivity contribution >= 4 is 44.0 Å². The van der Waals surface area contributed by atoms with Crippen molar-refractivity contribution < 1.29 is 0 Å². The van der Waals surface area contributed by atoms with E-state index in [9.17, 15) is 0 Å². The van der Waals surface area contributed by atoms with Gasteiger partial charge in [0.1, 0.15) is 0 Å². The highest BCUT2D eigenvalue weighted by atomic mass is 15.0. The van der Waals surface area contributed by atoms with Gasteiger partial charge in [-0.05, 0) is 87.6 Å². The third-order valence-corrected chi connectivity index (χ3v) is 8.18. The lowest BCUT2D eigenvalue weighted by Crippen LogP contribution is -1.93. The molecule has 0 aliphatic rings. The van der Waals surface area contributed by atoms with Crippen LogP contribution in [0.4, 0.5) is 11.4 Å². The number of aromatic nitrogens is 1. The van der Waals surface area contributed by atoms with Crippen LogP contribution in [-0.4, -0.2) is 4.57 Å². The van der Waals surface area contributed by atoms with E-state index >= 15 is 0 Å². The first-order valence-corrected chi connectivity index (χ1v) is 14.4. The van der Waals surface area contributed by atoms with Gasteiger partial charge in [-0.15, -0.1) is 0 Å². The van der Waals surface area contributed by atoms with Crippen LogP contribution < -0.4 is 5.32 Å². The van der Waals surface area contributed by atoms with E-state index in [0.29, 0.717) is 0 Å². The fourth-order valence-electron chi connectivity index (χ4n) is 6.03. The molecule has 7 aromatic carbocycles. The number of hydrogen-bond donors (Lipinski definition) is 1. The molecule has 1 aromatic heterocycles. The van der Waals surface area contributed by atoms with Crippen LogP contribution in [0.15, 0.2) is 164 Å². The van der Waals surface area contributed by atoms with E-state index in [4.69, 9.17) is 0 Å². The highest BCUT2D eigenvalue weighted by Crippen LogP contribution is 2.33. The van der Waals surface area contributed by atoms with E-state index in [0.717, 1.165) is 11.4 Å². The summed E-state index contributed by atoms with van der Waals surface area (Å²) in [6.07, 6.45) is 0. The number of rotatable bonds is 5. The Bertz CT molecular complexity index is 2130. The van der Waals surface area contributed by atoms with Crippen LogP contribution in [0.3, 0.4) is 0 Å². The summed E-state index contributed by atoms with van der Waals surface area (Å²) in [6.45, 7) is 0. The van der Waals surface area contributed by atoms with E-state index in [1.165, 1.54) is 60.5 Å². The summed E-state index contributed by atoms with van der Waals surface area (Å²) in [5.74, 6) is 0. The first-order chi connectivity index (χ1) is 20.8. The van der Waals surface area contributed by atoms with Gasteiger partial charge in [-0.2, -0.15) is 0 Å². The van der Waals surface area contributed by atoms with E-state index in [1.807, 2.05) is 0 Å². The molecule has 0 bridgehead atoms. The molecule has 8 aromatic rings. The maximum absolute atomic E-state index is 3.55. The predicted octanol–water partition coefficient (Wildman–Crippen LogP) is 11.0. The Balaban J connectivity index is 1.01. The fourth-order valence-corrected chi connectivity index (χ4v) is 6.03. The second kappa shape index (κ2) is 10.1. The Kier molecular flexibility index (Phi) is 5.82. The molecule has 0 fully saturated rings. The standard InChI is InChI=1S/C40H28N2/c1-2-8-32-27-33(14-13-28(32)7-1)31-17-23-35(24-18-31)41-34-21-15-29(16-22-34)30-19-25-36(26-20-30)42-39-11-5-3-9-37(39)38-10-4-6-12-40(38)42/h1-27,41H. The topological polar surface area (TPSA) is 17.0 Å². The monoisotopic (exact) mass is 536 g/mol. The average molecular weight is 537 g/mol. The highest BCUT2D eigenvalue weighted by molar-refractivity contribution is 6.09. The molecule has 0 amide bonds. The Hall–Kier alpha value is -5.60. The molecule has 0 radical (unpaired) electrons. The molecule has 2 heteroatoms. The molecule has 42 heavy (non-hydrogen) atoms. The van der Waals surface area contributed by atoms with Crippen molar-refractivity contribution in [3.05, 3.63) is 164 Å². The maximum atomic E-state index is 3.55. The van der Waals surface area contributed by atoms with Crippen molar-refractivity contribution in [3.63, 3.8) is 0 Å². The summed E-state index contributed by atoms with van der Waals surface area (Å²) in [5.41, 5.74) is 10.6. The Morgan fingerprint density at radius 1 is 0.357 bits per heavy atom. The van der Waals surface area contributed by atoms with Crippen molar-refractivity contribution in [2.24, 2.45) is 0 Å². The number of anilines is 2. The molecule has 0 spiro atoms. The maximum Gasteiger partial charge on any atom is 0.0541 e. The van der Waals surface area contributed by atoms with Crippen LogP contribution in [-0.2, 0) is 0 Å². The van der Waals surface area contributed by atoms with Crippen molar-refractivity contribution in [1.29, 1.82) is 0 Å². The van der Waals surface area contributed by atoms with Gasteiger partial charge < -0.3 is 9.88 Å². The van der Waals surface area contributed by atoms with Gasteiger partial charge in [-0.25, -0.2) is 0 Å². The molecular weight excluding hydrogens is 508 g/mol. The van der Waals surface area contributed by atoms with Crippen molar-refractivity contribution in [1.82, 2.24) is 4.57 Å². The highest BCUT2D eigenvalue weighted by Gasteiger charge is 2.11. The SMILES string of the molecule is c1ccc2cc(-c3ccc(Nc4ccc(-c5ccc(-n6c7ccccc7c7ccccc76)cc5)cc4)cc3)ccc2c1. The summed E-state index contributed by atoms with van der Waals surface area (Å²) in [5, 5.41) is 8.64. The van der Waals surface area contributed by atoms with Gasteiger partial charge >= 0.3 is 0 Å². The molecule has 0 unspecified atom stereocenters. The Morgan fingerprint density at radius 3 is 1.40 bits per heavy atom. The largest absolute Gasteiger partial charge is 0.356 e. The van der Waals surface area contributed by atoms with Crippen molar-refractivity contribution in [2.75, 3.05) is 5.32 Å². The fraction of sp³-hybridized carbons (Fsp3) is 0. The van der Waals surface area contributed by atoms with Crippen LogP contribution in [0.5, 0.6) is 0 Å². The van der Waals surface area contributed by atoms with Crippen molar-refractivity contribution in [2.45, 2.75) is 0 Å². The third kappa shape index (κ3) is 4.31. The minimum atomic E-state index is 1.07. The van der Waals surface area contributed by atoms with Crippen molar-refractivity contribution in [3.8, 4) is 27.9 Å². The Morgan fingerprint density at radius 2 is 0.810 bits per heavy atom. The summed E-state index contributed by atoms with van der Waals surface area (Å²) in [4.78, 5) is 0. The molecule has 0 saturated carbocycles. The number of fused-ring (bicyclic) bond motifs is 4. The van der Waals surface area contributed by atoms with E-state index in [2.05, 4.69) is 174 Å². The third-order valence-electron chi connectivity index (χ3n) is 8.18. The van der Waals surface area contributed by atoms with Crippen LogP contribution in [0.2, 0.25) is 0 Å². The van der Waals surface area contributed by atoms with Crippen LogP contribution in [0, 0.1) is 0 Å². The molecule has 0 aliphatic carbocycles. The zero-order chi connectivity index (χ0) is 27.9. The van der Waals surface area contributed by atoms with Gasteiger partial charge in [0.2, 0.25) is 0 Å². The number of nitrogens with zero attached hydrogens (tertiary/aromatic N) is 1. The second-order valence-corrected chi connectivity index (χ2v) is 10.8. The van der Waals surface area contributed by atoms with Crippen LogP contribution in [0.25, 0.3) is 60.5 Å². The van der Waals surface area contributed by atoms with Crippen LogP contribution in [0.1, 0.15) is 0 Å². The molecule has 0 aliphatic heterocycles. The average Bonchev–Trinajstić information content (AvgIpc) is 3.40. The summed E-state index contributed by atoms with van der Waals surface area (Å²) in [6, 6.07) is 58.6. The lowest BCUT2D eigenvalue weighted by atomic mass is 10.0. The second-order valence-electron chi connectivity index (χ2n) is 10.8. The van der Waals surface area contributed by atoms with E-state index < -0.39 is 0 Å². The molecule has 0 atom stereocenters. The minimum Gasteiger partial charge on any atom is -0.356 e. The van der Waals surface area contributed by atoms with Gasteiger partial charge in [0.15, 0.2) is 0 Å². The smallest absolute Gasteiger partial charge is 0.0541 e. The number of para-hydroxylation sites is 2. The molecular formula is C40H28N2. The van der Waals surface area contributed by atoms with E-state index in [1.54, 1.807) is 0 Å². The molecule has 0 saturated heterocycles. The lowest BCUT2D eigenvalue weighted by Gasteiger charge is -2.11. The summed E-state index contributed by atoms with van der Waals surface area (Å²) >= 11 is 0. The van der Waals surface area contributed by atoms with Gasteiger partial charge in [-0.1, -0.05) is 109 Å². The van der Waals surface area contributed by atoms with E-state index in [-0.39, 0.29) is 0 Å². The van der Waals surface area contributed by atoms with Gasteiger partial charge in [-0.3, -0.25) is 0 Å². The number of benzene rings is 7. The first-order valence-electron chi connectivity index (χ1n) is 14.4. The molecule has 1 heterocycles. The summed E-state index contributed by atoms with van der Waals surface area (Å²) < 4.78 is 2.35. The molecule has 8 rings (SSSR count). The molecule has 1 N–H and O–H groups in total.